The summed E-state index contributed by atoms with van der Waals surface area (Å²) in [7, 11) is 7.70. The Morgan fingerprint density at radius 1 is 1.18 bits per heavy atom. The molecule has 0 bridgehead atoms. The fraction of sp³-hybridized carbons (Fsp3) is 0.650. The van der Waals surface area contributed by atoms with Crippen molar-refractivity contribution in [3.63, 3.8) is 0 Å². The molecule has 0 fully saturated rings. The molecule has 0 saturated heterocycles. The van der Waals surface area contributed by atoms with Gasteiger partial charge in [-0.25, -0.2) is 9.38 Å². The molecule has 0 radical (unpaired) electrons. The molecule has 2 N–H and O–H groups in total. The number of ether oxygens (including phenoxy) is 1. The van der Waals surface area contributed by atoms with E-state index in [1.165, 1.54) is 6.07 Å². The normalized spacial score (nSPS) is 11.6. The van der Waals surface area contributed by atoms with Crippen LogP contribution < -0.4 is 10.6 Å². The van der Waals surface area contributed by atoms with Crippen LogP contribution in [-0.2, 0) is 17.8 Å². The van der Waals surface area contributed by atoms with Gasteiger partial charge in [0.15, 0.2) is 5.96 Å². The Balaban J connectivity index is 0.00000729. The topological polar surface area (TPSA) is 52.1 Å². The second-order valence-electron chi connectivity index (χ2n) is 6.94. The average molecular weight is 509 g/mol. The summed E-state index contributed by atoms with van der Waals surface area (Å²) in [5.41, 5.74) is 1.70. The number of hydrogen-bond acceptors (Lipinski definition) is 4. The fourth-order valence-corrected chi connectivity index (χ4v) is 2.66. The SMILES string of the molecule is CCNC(=NCc1ccc(F)c(CN(C)C)c1)NCCN(C)CCCOC.I. The van der Waals surface area contributed by atoms with Crippen molar-refractivity contribution in [2.75, 3.05) is 61.0 Å². The van der Waals surface area contributed by atoms with E-state index < -0.39 is 0 Å². The van der Waals surface area contributed by atoms with E-state index in [1.807, 2.05) is 32.0 Å². The summed E-state index contributed by atoms with van der Waals surface area (Å²) in [5.74, 6) is 0.610. The largest absolute Gasteiger partial charge is 0.385 e. The molecule has 0 amide bonds. The predicted octanol–water partition coefficient (Wildman–Crippen LogP) is 2.53. The Kier molecular flexibility index (Phi) is 15.3. The third-order valence-electron chi connectivity index (χ3n) is 4.03. The predicted molar refractivity (Wildman–Crippen MR) is 126 cm³/mol. The van der Waals surface area contributed by atoms with Gasteiger partial charge in [0.2, 0.25) is 0 Å². The van der Waals surface area contributed by atoms with Gasteiger partial charge in [-0.1, -0.05) is 6.07 Å². The number of nitrogens with zero attached hydrogens (tertiary/aromatic N) is 3. The number of nitrogens with one attached hydrogen (secondary N) is 2. The van der Waals surface area contributed by atoms with Crippen LogP contribution in [0.5, 0.6) is 0 Å². The van der Waals surface area contributed by atoms with E-state index in [1.54, 1.807) is 13.2 Å². The number of aliphatic imine (C=N–C) groups is 1. The lowest BCUT2D eigenvalue weighted by Gasteiger charge is -2.18. The number of methoxy groups -OCH3 is 1. The maximum absolute atomic E-state index is 13.9. The molecule has 0 aliphatic carbocycles. The van der Waals surface area contributed by atoms with Crippen molar-refractivity contribution in [3.05, 3.63) is 35.1 Å². The van der Waals surface area contributed by atoms with Gasteiger partial charge in [-0.15, -0.1) is 24.0 Å². The number of rotatable bonds is 12. The number of guanidine groups is 1. The summed E-state index contributed by atoms with van der Waals surface area (Å²) in [6.45, 7) is 7.47. The summed E-state index contributed by atoms with van der Waals surface area (Å²) in [4.78, 5) is 8.85. The van der Waals surface area contributed by atoms with Gasteiger partial charge in [0.25, 0.3) is 0 Å². The van der Waals surface area contributed by atoms with Gasteiger partial charge >= 0.3 is 0 Å². The van der Waals surface area contributed by atoms with Crippen LogP contribution in [0.3, 0.4) is 0 Å². The standard InChI is InChI=1S/C20H36FN5O.HI/c1-6-22-20(23-10-12-26(4)11-7-13-27-5)24-15-17-8-9-19(21)18(14-17)16-25(2)3;/h8-9,14H,6-7,10-13,15-16H2,1-5H3,(H2,22,23,24);1H. The third kappa shape index (κ3) is 11.8. The third-order valence-corrected chi connectivity index (χ3v) is 4.03. The number of likely N-dealkylation sites (N-methyl/N-ethyl adjacent to an activating group) is 1. The molecule has 8 heteroatoms. The second-order valence-corrected chi connectivity index (χ2v) is 6.94. The monoisotopic (exact) mass is 509 g/mol. The van der Waals surface area contributed by atoms with Crippen molar-refractivity contribution in [2.45, 2.75) is 26.4 Å². The summed E-state index contributed by atoms with van der Waals surface area (Å²) in [5, 5.41) is 6.61. The van der Waals surface area contributed by atoms with Crippen molar-refractivity contribution in [1.82, 2.24) is 20.4 Å². The van der Waals surface area contributed by atoms with Crippen LogP contribution in [0, 0.1) is 5.82 Å². The second kappa shape index (κ2) is 15.9. The van der Waals surface area contributed by atoms with E-state index in [0.29, 0.717) is 18.7 Å². The molecule has 6 nitrogen and oxygen atoms in total. The summed E-state index contributed by atoms with van der Waals surface area (Å²) in [6, 6.07) is 5.22. The highest BCUT2D eigenvalue weighted by molar-refractivity contribution is 14.0. The molecule has 162 valence electrons. The molecule has 0 aromatic heterocycles. The number of halogens is 2. The lowest BCUT2D eigenvalue weighted by atomic mass is 10.1. The highest BCUT2D eigenvalue weighted by Gasteiger charge is 2.06. The molecule has 0 atom stereocenters. The summed E-state index contributed by atoms with van der Waals surface area (Å²) >= 11 is 0. The number of hydrogen-bond donors (Lipinski definition) is 2. The van der Waals surface area contributed by atoms with Crippen molar-refractivity contribution in [3.8, 4) is 0 Å². The van der Waals surface area contributed by atoms with Gasteiger partial charge in [-0.05, 0) is 52.2 Å². The van der Waals surface area contributed by atoms with Crippen LogP contribution in [0.1, 0.15) is 24.5 Å². The molecule has 0 saturated carbocycles. The van der Waals surface area contributed by atoms with Gasteiger partial charge in [0, 0.05) is 52.0 Å². The van der Waals surface area contributed by atoms with Crippen molar-refractivity contribution in [1.29, 1.82) is 0 Å². The molecule has 0 aliphatic rings. The highest BCUT2D eigenvalue weighted by atomic mass is 127. The van der Waals surface area contributed by atoms with E-state index >= 15 is 0 Å². The van der Waals surface area contributed by atoms with Crippen LogP contribution in [0.15, 0.2) is 23.2 Å². The molecule has 28 heavy (non-hydrogen) atoms. The van der Waals surface area contributed by atoms with E-state index in [-0.39, 0.29) is 29.8 Å². The van der Waals surface area contributed by atoms with Crippen molar-refractivity contribution < 1.29 is 9.13 Å². The summed E-state index contributed by atoms with van der Waals surface area (Å²) < 4.78 is 19.0. The molecule has 0 heterocycles. The first-order chi connectivity index (χ1) is 13.0. The zero-order valence-electron chi connectivity index (χ0n) is 17.9. The first kappa shape index (κ1) is 27.0. The lowest BCUT2D eigenvalue weighted by Crippen LogP contribution is -2.41. The van der Waals surface area contributed by atoms with Crippen molar-refractivity contribution in [2.24, 2.45) is 4.99 Å². The number of benzene rings is 1. The Morgan fingerprint density at radius 3 is 2.57 bits per heavy atom. The summed E-state index contributed by atoms with van der Waals surface area (Å²) in [6.07, 6.45) is 1.03. The molecule has 0 spiro atoms. The minimum absolute atomic E-state index is 0. The first-order valence-corrected chi connectivity index (χ1v) is 9.58. The van der Waals surface area contributed by atoms with Gasteiger partial charge in [0.1, 0.15) is 5.82 Å². The molecule has 1 aromatic carbocycles. The lowest BCUT2D eigenvalue weighted by molar-refractivity contribution is 0.180. The Hall–Kier alpha value is -0.970. The molecule has 0 unspecified atom stereocenters. The minimum atomic E-state index is -0.169. The first-order valence-electron chi connectivity index (χ1n) is 9.58. The van der Waals surface area contributed by atoms with E-state index in [0.717, 1.165) is 50.7 Å². The Labute approximate surface area is 186 Å². The van der Waals surface area contributed by atoms with Crippen LogP contribution in [0.4, 0.5) is 4.39 Å². The maximum atomic E-state index is 13.9. The maximum Gasteiger partial charge on any atom is 0.191 e. The Morgan fingerprint density at radius 2 is 1.93 bits per heavy atom. The van der Waals surface area contributed by atoms with Gasteiger partial charge in [-0.3, -0.25) is 0 Å². The fourth-order valence-electron chi connectivity index (χ4n) is 2.66. The molecule has 1 rings (SSSR count). The van der Waals surface area contributed by atoms with Crippen LogP contribution in [0.25, 0.3) is 0 Å². The van der Waals surface area contributed by atoms with Gasteiger partial charge < -0.3 is 25.2 Å². The Bertz CT molecular complexity index is 572. The van der Waals surface area contributed by atoms with Crippen LogP contribution in [0.2, 0.25) is 0 Å². The molecular formula is C20H37FIN5O. The van der Waals surface area contributed by atoms with E-state index in [2.05, 4.69) is 27.6 Å². The quantitative estimate of drug-likeness (QED) is 0.196. The average Bonchev–Trinajstić information content (AvgIpc) is 2.62. The zero-order chi connectivity index (χ0) is 20.1. The van der Waals surface area contributed by atoms with E-state index in [4.69, 9.17) is 4.74 Å². The van der Waals surface area contributed by atoms with E-state index in [9.17, 15) is 4.39 Å². The van der Waals surface area contributed by atoms with Gasteiger partial charge in [0.05, 0.1) is 6.54 Å². The van der Waals surface area contributed by atoms with Crippen LogP contribution >= 0.6 is 24.0 Å². The smallest absolute Gasteiger partial charge is 0.191 e. The minimum Gasteiger partial charge on any atom is -0.385 e. The van der Waals surface area contributed by atoms with Crippen molar-refractivity contribution >= 4 is 29.9 Å². The zero-order valence-corrected chi connectivity index (χ0v) is 20.3. The van der Waals surface area contributed by atoms with Gasteiger partial charge in [-0.2, -0.15) is 0 Å². The van der Waals surface area contributed by atoms with Crippen LogP contribution in [-0.4, -0.2) is 76.8 Å². The molecule has 1 aromatic rings. The molecular weight excluding hydrogens is 472 g/mol. The molecule has 0 aliphatic heterocycles. The highest BCUT2D eigenvalue weighted by Crippen LogP contribution is 2.13.